The molecule has 0 unspecified atom stereocenters. The number of hydrogen-bond donors (Lipinski definition) is 0. The number of pyridine rings is 1. The van der Waals surface area contributed by atoms with Crippen molar-refractivity contribution in [2.24, 2.45) is 0 Å². The molecule has 0 aliphatic rings. The standard InChI is InChI=1S/C10H8F3NO2/c1-16-8(15)5-4-7-3-2-6-14-9(7)10(11,12)13/h2-6H,1H3. The lowest BCUT2D eigenvalue weighted by atomic mass is 10.1. The second kappa shape index (κ2) is 4.78. The third-order valence-electron chi connectivity index (χ3n) is 1.71. The van der Waals surface area contributed by atoms with Crippen molar-refractivity contribution in [1.82, 2.24) is 4.98 Å². The van der Waals surface area contributed by atoms with Crippen molar-refractivity contribution in [3.8, 4) is 0 Å². The average Bonchev–Trinajstić information content (AvgIpc) is 2.25. The highest BCUT2D eigenvalue weighted by Crippen LogP contribution is 2.30. The fourth-order valence-corrected chi connectivity index (χ4v) is 1.01. The van der Waals surface area contributed by atoms with Crippen LogP contribution in [-0.2, 0) is 15.7 Å². The summed E-state index contributed by atoms with van der Waals surface area (Å²) in [5.74, 6) is -0.725. The lowest BCUT2D eigenvalue weighted by Gasteiger charge is -2.07. The third-order valence-corrected chi connectivity index (χ3v) is 1.71. The summed E-state index contributed by atoms with van der Waals surface area (Å²) < 4.78 is 41.6. The van der Waals surface area contributed by atoms with Gasteiger partial charge in [-0.1, -0.05) is 6.07 Å². The maximum absolute atomic E-state index is 12.4. The summed E-state index contributed by atoms with van der Waals surface area (Å²) in [5, 5.41) is 0. The van der Waals surface area contributed by atoms with Crippen molar-refractivity contribution in [2.45, 2.75) is 6.18 Å². The van der Waals surface area contributed by atoms with Gasteiger partial charge in [0.1, 0.15) is 0 Å². The van der Waals surface area contributed by atoms with E-state index in [0.717, 1.165) is 25.5 Å². The van der Waals surface area contributed by atoms with Gasteiger partial charge in [-0.05, 0) is 12.1 Å². The van der Waals surface area contributed by atoms with E-state index in [4.69, 9.17) is 0 Å². The van der Waals surface area contributed by atoms with Crippen LogP contribution in [-0.4, -0.2) is 18.1 Å². The molecule has 0 atom stereocenters. The van der Waals surface area contributed by atoms with Crippen molar-refractivity contribution in [3.05, 3.63) is 35.7 Å². The number of ether oxygens (including phenoxy) is 1. The normalized spacial score (nSPS) is 11.8. The topological polar surface area (TPSA) is 39.2 Å². The Kier molecular flexibility index (Phi) is 3.65. The minimum absolute atomic E-state index is 0.180. The van der Waals surface area contributed by atoms with E-state index in [0.29, 0.717) is 0 Å². The maximum Gasteiger partial charge on any atom is 0.433 e. The molecule has 1 aromatic heterocycles. The Morgan fingerprint density at radius 3 is 2.75 bits per heavy atom. The Morgan fingerprint density at radius 2 is 2.19 bits per heavy atom. The number of aromatic nitrogens is 1. The van der Waals surface area contributed by atoms with Crippen molar-refractivity contribution >= 4 is 12.0 Å². The summed E-state index contributed by atoms with van der Waals surface area (Å²) in [4.78, 5) is 14.0. The van der Waals surface area contributed by atoms with Crippen LogP contribution in [0.5, 0.6) is 0 Å². The largest absolute Gasteiger partial charge is 0.466 e. The van der Waals surface area contributed by atoms with Gasteiger partial charge < -0.3 is 4.74 Å². The molecule has 0 spiro atoms. The third kappa shape index (κ3) is 3.08. The number of halogens is 3. The molecule has 0 N–H and O–H groups in total. The van der Waals surface area contributed by atoms with Crippen molar-refractivity contribution in [3.63, 3.8) is 0 Å². The number of methoxy groups -OCH3 is 1. The minimum atomic E-state index is -4.54. The summed E-state index contributed by atoms with van der Waals surface area (Å²) >= 11 is 0. The molecule has 6 heteroatoms. The molecule has 86 valence electrons. The molecule has 1 aromatic rings. The number of nitrogens with zero attached hydrogens (tertiary/aromatic N) is 1. The SMILES string of the molecule is COC(=O)C=Cc1cccnc1C(F)(F)F. The van der Waals surface area contributed by atoms with Crippen LogP contribution in [0.3, 0.4) is 0 Å². The molecule has 0 aromatic carbocycles. The predicted octanol–water partition coefficient (Wildman–Crippen LogP) is 2.29. The fraction of sp³-hybridized carbons (Fsp3) is 0.200. The highest BCUT2D eigenvalue weighted by molar-refractivity contribution is 5.87. The van der Waals surface area contributed by atoms with Crippen LogP contribution in [0.25, 0.3) is 6.08 Å². The molecule has 1 rings (SSSR count). The summed E-state index contributed by atoms with van der Waals surface area (Å²) in [5.41, 5.74) is -1.21. The minimum Gasteiger partial charge on any atom is -0.466 e. The zero-order chi connectivity index (χ0) is 12.2. The Hall–Kier alpha value is -1.85. The van der Waals surface area contributed by atoms with Crippen molar-refractivity contribution in [2.75, 3.05) is 7.11 Å². The monoisotopic (exact) mass is 231 g/mol. The molecule has 1 heterocycles. The van der Waals surface area contributed by atoms with E-state index in [1.807, 2.05) is 0 Å². The summed E-state index contributed by atoms with van der Waals surface area (Å²) in [6.45, 7) is 0. The highest BCUT2D eigenvalue weighted by atomic mass is 19.4. The molecule has 0 fully saturated rings. The predicted molar refractivity (Wildman–Crippen MR) is 50.3 cm³/mol. The van der Waals surface area contributed by atoms with Crippen LogP contribution >= 0.6 is 0 Å². The molecule has 0 bridgehead atoms. The highest BCUT2D eigenvalue weighted by Gasteiger charge is 2.34. The van der Waals surface area contributed by atoms with Gasteiger partial charge in [-0.3, -0.25) is 4.98 Å². The molecule has 0 radical (unpaired) electrons. The number of carbonyl (C=O) groups is 1. The van der Waals surface area contributed by atoms with Gasteiger partial charge >= 0.3 is 12.1 Å². The molecule has 0 aliphatic heterocycles. The second-order valence-electron chi connectivity index (χ2n) is 2.80. The van der Waals surface area contributed by atoms with Gasteiger partial charge in [0.05, 0.1) is 7.11 Å². The lowest BCUT2D eigenvalue weighted by Crippen LogP contribution is -2.10. The maximum atomic E-state index is 12.4. The Bertz CT molecular complexity index is 413. The lowest BCUT2D eigenvalue weighted by molar-refractivity contribution is -0.141. The van der Waals surface area contributed by atoms with Crippen LogP contribution in [0.2, 0.25) is 0 Å². The van der Waals surface area contributed by atoms with Crippen LogP contribution in [0.15, 0.2) is 24.4 Å². The van der Waals surface area contributed by atoms with Gasteiger partial charge in [0, 0.05) is 17.8 Å². The summed E-state index contributed by atoms with van der Waals surface area (Å²) in [6, 6.07) is 2.57. The van der Waals surface area contributed by atoms with E-state index in [2.05, 4.69) is 9.72 Å². The number of carbonyl (C=O) groups excluding carboxylic acids is 1. The molecule has 16 heavy (non-hydrogen) atoms. The quantitative estimate of drug-likeness (QED) is 0.579. The van der Waals surface area contributed by atoms with Crippen LogP contribution in [0.4, 0.5) is 13.2 Å². The Morgan fingerprint density at radius 1 is 1.50 bits per heavy atom. The van der Waals surface area contributed by atoms with E-state index >= 15 is 0 Å². The summed E-state index contributed by atoms with van der Waals surface area (Å²) in [7, 11) is 1.14. The first-order valence-corrected chi connectivity index (χ1v) is 4.23. The number of rotatable bonds is 2. The van der Waals surface area contributed by atoms with Crippen LogP contribution in [0, 0.1) is 0 Å². The van der Waals surface area contributed by atoms with Gasteiger partial charge in [0.25, 0.3) is 0 Å². The molecule has 0 saturated carbocycles. The van der Waals surface area contributed by atoms with Gasteiger partial charge in [-0.15, -0.1) is 0 Å². The Labute approximate surface area is 89.6 Å². The van der Waals surface area contributed by atoms with E-state index in [9.17, 15) is 18.0 Å². The van der Waals surface area contributed by atoms with Crippen molar-refractivity contribution < 1.29 is 22.7 Å². The molecule has 3 nitrogen and oxygen atoms in total. The zero-order valence-corrected chi connectivity index (χ0v) is 8.28. The fourth-order valence-electron chi connectivity index (χ4n) is 1.01. The summed E-state index contributed by atoms with van der Waals surface area (Å²) in [6.07, 6.45) is -1.58. The van der Waals surface area contributed by atoms with Gasteiger partial charge in [-0.2, -0.15) is 13.2 Å². The van der Waals surface area contributed by atoms with E-state index in [1.165, 1.54) is 12.1 Å². The molecular formula is C10H8F3NO2. The first kappa shape index (κ1) is 12.2. The molecule has 0 amide bonds. The van der Waals surface area contributed by atoms with E-state index in [-0.39, 0.29) is 5.56 Å². The first-order chi connectivity index (χ1) is 7.45. The van der Waals surface area contributed by atoms with Gasteiger partial charge in [0.15, 0.2) is 5.69 Å². The Balaban J connectivity index is 3.05. The van der Waals surface area contributed by atoms with Gasteiger partial charge in [0.2, 0.25) is 0 Å². The molecule has 0 aliphatic carbocycles. The first-order valence-electron chi connectivity index (χ1n) is 4.23. The van der Waals surface area contributed by atoms with Crippen molar-refractivity contribution in [1.29, 1.82) is 0 Å². The van der Waals surface area contributed by atoms with Crippen LogP contribution in [0.1, 0.15) is 11.3 Å². The second-order valence-corrected chi connectivity index (χ2v) is 2.80. The van der Waals surface area contributed by atoms with Crippen LogP contribution < -0.4 is 0 Å². The molecule has 0 saturated heterocycles. The molecular weight excluding hydrogens is 223 g/mol. The van der Waals surface area contributed by atoms with E-state index in [1.54, 1.807) is 0 Å². The number of hydrogen-bond acceptors (Lipinski definition) is 3. The average molecular weight is 231 g/mol. The van der Waals surface area contributed by atoms with E-state index < -0.39 is 17.8 Å². The number of esters is 1. The number of alkyl halides is 3. The van der Waals surface area contributed by atoms with Gasteiger partial charge in [-0.25, -0.2) is 4.79 Å². The smallest absolute Gasteiger partial charge is 0.433 e. The zero-order valence-electron chi connectivity index (χ0n) is 8.28.